The van der Waals surface area contributed by atoms with Gasteiger partial charge in [-0.1, -0.05) is 11.6 Å². The Hall–Kier alpha value is -0.720. The first-order chi connectivity index (χ1) is 8.79. The van der Waals surface area contributed by atoms with E-state index in [1.165, 1.54) is 19.1 Å². The Morgan fingerprint density at radius 3 is 2.58 bits per heavy atom. The third-order valence-corrected chi connectivity index (χ3v) is 5.49. The molecule has 0 radical (unpaired) electrons. The normalized spacial score (nSPS) is 11.5. The number of carboxylic acids is 1. The molecule has 0 unspecified atom stereocenters. The van der Waals surface area contributed by atoms with Gasteiger partial charge in [0.1, 0.15) is 0 Å². The van der Waals surface area contributed by atoms with Crippen molar-refractivity contribution >= 4 is 39.2 Å². The van der Waals surface area contributed by atoms with Gasteiger partial charge in [-0.3, -0.25) is 0 Å². The van der Waals surface area contributed by atoms with Crippen molar-refractivity contribution in [3.8, 4) is 0 Å². The summed E-state index contributed by atoms with van der Waals surface area (Å²) in [6.45, 7) is 1.49. The maximum atomic E-state index is 12.2. The van der Waals surface area contributed by atoms with Gasteiger partial charge in [-0.25, -0.2) is 13.2 Å². The molecule has 0 saturated heterocycles. The average molecular weight is 323 g/mol. The molecule has 4 nitrogen and oxygen atoms in total. The summed E-state index contributed by atoms with van der Waals surface area (Å²) in [7, 11) is -3.50. The Labute approximate surface area is 122 Å². The van der Waals surface area contributed by atoms with Gasteiger partial charge in [-0.2, -0.15) is 11.8 Å². The summed E-state index contributed by atoms with van der Waals surface area (Å²) < 4.78 is 24.4. The second-order valence-corrected chi connectivity index (χ2v) is 7.55. The van der Waals surface area contributed by atoms with Crippen molar-refractivity contribution in [2.45, 2.75) is 18.2 Å². The molecule has 1 aromatic carbocycles. The number of carbonyl (C=O) groups is 1. The quantitative estimate of drug-likeness (QED) is 0.815. The zero-order valence-electron chi connectivity index (χ0n) is 10.6. The zero-order chi connectivity index (χ0) is 14.6. The van der Waals surface area contributed by atoms with E-state index in [9.17, 15) is 13.2 Å². The van der Waals surface area contributed by atoms with Crippen molar-refractivity contribution in [3.63, 3.8) is 0 Å². The van der Waals surface area contributed by atoms with Gasteiger partial charge in [0.2, 0.25) is 0 Å². The second-order valence-electron chi connectivity index (χ2n) is 4.05. The van der Waals surface area contributed by atoms with Gasteiger partial charge in [-0.15, -0.1) is 0 Å². The fourth-order valence-corrected chi connectivity index (χ4v) is 4.23. The molecule has 0 amide bonds. The molecule has 1 aromatic rings. The first kappa shape index (κ1) is 16.3. The van der Waals surface area contributed by atoms with Gasteiger partial charge >= 0.3 is 5.97 Å². The highest BCUT2D eigenvalue weighted by molar-refractivity contribution is 7.98. The summed E-state index contributed by atoms with van der Waals surface area (Å²) in [4.78, 5) is 11.1. The summed E-state index contributed by atoms with van der Waals surface area (Å²) in [5, 5.41) is 9.15. The molecule has 1 rings (SSSR count). The largest absolute Gasteiger partial charge is 0.478 e. The maximum absolute atomic E-state index is 12.2. The number of hydrogen-bond acceptors (Lipinski definition) is 4. The van der Waals surface area contributed by atoms with Gasteiger partial charge in [0.15, 0.2) is 9.84 Å². The van der Waals surface area contributed by atoms with Crippen LogP contribution in [0.2, 0.25) is 5.02 Å². The van der Waals surface area contributed by atoms with E-state index in [1.807, 2.05) is 6.26 Å². The summed E-state index contributed by atoms with van der Waals surface area (Å²) in [6, 6.07) is 2.58. The zero-order valence-corrected chi connectivity index (χ0v) is 13.0. The van der Waals surface area contributed by atoms with E-state index >= 15 is 0 Å². The van der Waals surface area contributed by atoms with E-state index in [2.05, 4.69) is 0 Å². The van der Waals surface area contributed by atoms with Crippen molar-refractivity contribution in [2.75, 3.05) is 17.8 Å². The van der Waals surface area contributed by atoms with Crippen LogP contribution in [0.5, 0.6) is 0 Å². The monoisotopic (exact) mass is 322 g/mol. The lowest BCUT2D eigenvalue weighted by molar-refractivity contribution is 0.0696. The standard InChI is InChI=1S/C12H15ClO4S2/c1-8-10(12(14)15)6-9(13)7-11(8)19(16,17)5-3-4-18-2/h6-7H,3-5H2,1-2H3,(H,14,15). The van der Waals surface area contributed by atoms with Crippen molar-refractivity contribution in [1.29, 1.82) is 0 Å². The van der Waals surface area contributed by atoms with Gasteiger partial charge in [0.25, 0.3) is 0 Å². The van der Waals surface area contributed by atoms with E-state index in [-0.39, 0.29) is 26.8 Å². The molecule has 1 N–H and O–H groups in total. The summed E-state index contributed by atoms with van der Waals surface area (Å²) in [5.41, 5.74) is 0.164. The third kappa shape index (κ3) is 4.12. The number of aromatic carboxylic acids is 1. The van der Waals surface area contributed by atoms with Crippen LogP contribution < -0.4 is 0 Å². The molecular weight excluding hydrogens is 308 g/mol. The van der Waals surface area contributed by atoms with Crippen molar-refractivity contribution in [3.05, 3.63) is 28.3 Å². The van der Waals surface area contributed by atoms with Crippen LogP contribution in [0.3, 0.4) is 0 Å². The lowest BCUT2D eigenvalue weighted by Gasteiger charge is -2.10. The minimum Gasteiger partial charge on any atom is -0.478 e. The highest BCUT2D eigenvalue weighted by Crippen LogP contribution is 2.26. The van der Waals surface area contributed by atoms with Gasteiger partial charge in [0.05, 0.1) is 16.2 Å². The van der Waals surface area contributed by atoms with E-state index in [1.54, 1.807) is 11.8 Å². The lowest BCUT2D eigenvalue weighted by atomic mass is 10.1. The molecule has 0 heterocycles. The second kappa shape index (κ2) is 6.63. The third-order valence-electron chi connectivity index (χ3n) is 2.65. The highest BCUT2D eigenvalue weighted by atomic mass is 35.5. The van der Waals surface area contributed by atoms with Crippen LogP contribution in [-0.4, -0.2) is 37.3 Å². The molecule has 106 valence electrons. The first-order valence-corrected chi connectivity index (χ1v) is 8.97. The SMILES string of the molecule is CSCCCS(=O)(=O)c1cc(Cl)cc(C(=O)O)c1C. The van der Waals surface area contributed by atoms with E-state index in [0.29, 0.717) is 6.42 Å². The lowest BCUT2D eigenvalue weighted by Crippen LogP contribution is -2.12. The van der Waals surface area contributed by atoms with Crippen LogP contribution in [0.15, 0.2) is 17.0 Å². The van der Waals surface area contributed by atoms with Crippen LogP contribution in [0, 0.1) is 6.92 Å². The fraction of sp³-hybridized carbons (Fsp3) is 0.417. The molecule has 0 aliphatic carbocycles. The van der Waals surface area contributed by atoms with E-state index < -0.39 is 15.8 Å². The Balaban J connectivity index is 3.23. The summed E-state index contributed by atoms with van der Waals surface area (Å²) >= 11 is 7.37. The Morgan fingerprint density at radius 1 is 1.42 bits per heavy atom. The molecule has 0 bridgehead atoms. The molecular formula is C12H15ClO4S2. The highest BCUT2D eigenvalue weighted by Gasteiger charge is 2.21. The molecule has 0 aliphatic rings. The Bertz CT molecular complexity index is 582. The molecule has 0 fully saturated rings. The topological polar surface area (TPSA) is 71.4 Å². The van der Waals surface area contributed by atoms with Gasteiger partial charge < -0.3 is 5.11 Å². The molecule has 0 aromatic heterocycles. The number of hydrogen-bond donors (Lipinski definition) is 1. The number of halogens is 1. The van der Waals surface area contributed by atoms with Crippen LogP contribution >= 0.6 is 23.4 Å². The average Bonchev–Trinajstić information content (AvgIpc) is 2.31. The van der Waals surface area contributed by atoms with Crippen molar-refractivity contribution in [1.82, 2.24) is 0 Å². The molecule has 7 heteroatoms. The fourth-order valence-electron chi connectivity index (χ4n) is 1.70. The maximum Gasteiger partial charge on any atom is 0.336 e. The minimum atomic E-state index is -3.50. The van der Waals surface area contributed by atoms with Crippen LogP contribution in [-0.2, 0) is 9.84 Å². The predicted molar refractivity (Wildman–Crippen MR) is 78.2 cm³/mol. The number of thioether (sulfide) groups is 1. The number of rotatable bonds is 6. The number of carboxylic acid groups (broad SMARTS) is 1. The van der Waals surface area contributed by atoms with E-state index in [4.69, 9.17) is 16.7 Å². The number of benzene rings is 1. The molecule has 0 aliphatic heterocycles. The van der Waals surface area contributed by atoms with Gasteiger partial charge in [-0.05, 0) is 43.0 Å². The minimum absolute atomic E-state index is 0.00587. The van der Waals surface area contributed by atoms with Crippen LogP contribution in [0.25, 0.3) is 0 Å². The summed E-state index contributed by atoms with van der Waals surface area (Å²) in [5.74, 6) is -0.445. The van der Waals surface area contributed by atoms with Crippen molar-refractivity contribution < 1.29 is 18.3 Å². The first-order valence-electron chi connectivity index (χ1n) is 5.54. The van der Waals surface area contributed by atoms with Crippen LogP contribution in [0.4, 0.5) is 0 Å². The van der Waals surface area contributed by atoms with E-state index in [0.717, 1.165) is 5.75 Å². The predicted octanol–water partition coefficient (Wildman–Crippen LogP) is 2.87. The summed E-state index contributed by atoms with van der Waals surface area (Å²) in [6.07, 6.45) is 2.43. The number of sulfone groups is 1. The molecule has 0 spiro atoms. The van der Waals surface area contributed by atoms with Crippen molar-refractivity contribution in [2.24, 2.45) is 0 Å². The smallest absolute Gasteiger partial charge is 0.336 e. The molecule has 0 atom stereocenters. The molecule has 19 heavy (non-hydrogen) atoms. The van der Waals surface area contributed by atoms with Gasteiger partial charge in [0, 0.05) is 5.02 Å². The molecule has 0 saturated carbocycles. The Kier molecular flexibility index (Phi) is 5.70. The van der Waals surface area contributed by atoms with Crippen LogP contribution in [0.1, 0.15) is 22.3 Å². The Morgan fingerprint density at radius 2 is 2.05 bits per heavy atom.